The molecule has 1 aromatic rings. The molecule has 2 rings (SSSR count). The zero-order chi connectivity index (χ0) is 15.2. The van der Waals surface area contributed by atoms with E-state index in [-0.39, 0.29) is 5.97 Å². The summed E-state index contributed by atoms with van der Waals surface area (Å²) in [6, 6.07) is 4.94. The molecule has 0 aliphatic heterocycles. The summed E-state index contributed by atoms with van der Waals surface area (Å²) in [5.74, 6) is 0.660. The fourth-order valence-electron chi connectivity index (χ4n) is 2.81. The highest BCUT2D eigenvalue weighted by molar-refractivity contribution is 6.34. The summed E-state index contributed by atoms with van der Waals surface area (Å²) in [4.78, 5) is 11.9. The van der Waals surface area contributed by atoms with Gasteiger partial charge in [0.25, 0.3) is 0 Å². The number of esters is 1. The number of halogens is 2. The quantitative estimate of drug-likeness (QED) is 0.721. The highest BCUT2D eigenvalue weighted by Gasteiger charge is 2.27. The van der Waals surface area contributed by atoms with Crippen molar-refractivity contribution in [2.24, 2.45) is 5.92 Å². The van der Waals surface area contributed by atoms with E-state index in [1.54, 1.807) is 18.2 Å². The first-order chi connectivity index (χ1) is 10.1. The van der Waals surface area contributed by atoms with Crippen LogP contribution in [-0.2, 0) is 9.53 Å². The monoisotopic (exact) mass is 330 g/mol. The molecule has 5 heteroatoms. The molecule has 0 amide bonds. The Bertz CT molecular complexity index is 464. The molecule has 0 spiro atoms. The summed E-state index contributed by atoms with van der Waals surface area (Å²) in [7, 11) is 1.38. The minimum absolute atomic E-state index is 0.350. The largest absolute Gasteiger partial charge is 0.479 e. The molecule has 1 saturated carbocycles. The molecule has 1 aromatic carbocycles. The summed E-state index contributed by atoms with van der Waals surface area (Å²) in [6.45, 7) is 0. The number of hydrogen-bond acceptors (Lipinski definition) is 3. The number of rotatable bonds is 5. The van der Waals surface area contributed by atoms with Crippen molar-refractivity contribution in [3.05, 3.63) is 28.2 Å². The van der Waals surface area contributed by atoms with Crippen LogP contribution in [0.2, 0.25) is 10.0 Å². The van der Waals surface area contributed by atoms with Gasteiger partial charge in [0.05, 0.1) is 7.11 Å². The number of carbonyl (C=O) groups excluding carboxylic acids is 1. The minimum atomic E-state index is -0.604. The molecule has 116 valence electrons. The molecule has 21 heavy (non-hydrogen) atoms. The lowest BCUT2D eigenvalue weighted by molar-refractivity contribution is -0.149. The third-order valence-corrected chi connectivity index (χ3v) is 4.29. The Morgan fingerprint density at radius 3 is 2.38 bits per heavy atom. The summed E-state index contributed by atoms with van der Waals surface area (Å²) in [5, 5.41) is 0.970. The zero-order valence-corrected chi connectivity index (χ0v) is 13.6. The van der Waals surface area contributed by atoms with Gasteiger partial charge in [-0.1, -0.05) is 55.3 Å². The normalized spacial score (nSPS) is 17.3. The number of methoxy groups -OCH3 is 1. The van der Waals surface area contributed by atoms with Gasteiger partial charge in [-0.2, -0.15) is 0 Å². The molecule has 1 aliphatic rings. The maximum absolute atomic E-state index is 11.9. The maximum Gasteiger partial charge on any atom is 0.347 e. The summed E-state index contributed by atoms with van der Waals surface area (Å²) in [5.41, 5.74) is 0. The Morgan fingerprint density at radius 1 is 1.19 bits per heavy atom. The van der Waals surface area contributed by atoms with Crippen molar-refractivity contribution >= 4 is 29.2 Å². The molecule has 0 heterocycles. The van der Waals surface area contributed by atoms with Crippen LogP contribution in [0.3, 0.4) is 0 Å². The second-order valence-corrected chi connectivity index (χ2v) is 6.35. The van der Waals surface area contributed by atoms with Crippen LogP contribution in [0.15, 0.2) is 18.2 Å². The molecular weight excluding hydrogens is 311 g/mol. The first-order valence-corrected chi connectivity index (χ1v) is 8.04. The van der Waals surface area contributed by atoms with Crippen molar-refractivity contribution in [2.75, 3.05) is 7.11 Å². The number of hydrogen-bond donors (Lipinski definition) is 0. The van der Waals surface area contributed by atoms with Crippen LogP contribution in [0.4, 0.5) is 0 Å². The van der Waals surface area contributed by atoms with Crippen LogP contribution >= 0.6 is 23.2 Å². The van der Waals surface area contributed by atoms with E-state index < -0.39 is 6.10 Å². The first kappa shape index (κ1) is 16.4. The molecule has 1 unspecified atom stereocenters. The topological polar surface area (TPSA) is 35.5 Å². The van der Waals surface area contributed by atoms with E-state index in [2.05, 4.69) is 0 Å². The van der Waals surface area contributed by atoms with Crippen LogP contribution in [0, 0.1) is 5.92 Å². The van der Waals surface area contributed by atoms with Crippen molar-refractivity contribution in [2.45, 2.75) is 44.6 Å². The standard InChI is InChI=1S/C16H20Cl2O3/c1-20-16(19)15(7-11-5-3-2-4-6-11)21-14-9-12(17)8-13(18)10-14/h8-11,15H,2-7H2,1H3. The van der Waals surface area contributed by atoms with Gasteiger partial charge in [-0.15, -0.1) is 0 Å². The van der Waals surface area contributed by atoms with Gasteiger partial charge < -0.3 is 9.47 Å². The van der Waals surface area contributed by atoms with Gasteiger partial charge >= 0.3 is 5.97 Å². The molecule has 0 radical (unpaired) electrons. The van der Waals surface area contributed by atoms with Crippen LogP contribution < -0.4 is 4.74 Å². The van der Waals surface area contributed by atoms with Crippen molar-refractivity contribution < 1.29 is 14.3 Å². The molecular formula is C16H20Cl2O3. The molecule has 1 atom stereocenters. The molecule has 0 saturated heterocycles. The molecule has 3 nitrogen and oxygen atoms in total. The van der Waals surface area contributed by atoms with Gasteiger partial charge in [0.1, 0.15) is 5.75 Å². The van der Waals surface area contributed by atoms with Gasteiger partial charge in [0.15, 0.2) is 6.10 Å². The molecule has 1 fully saturated rings. The Morgan fingerprint density at radius 2 is 1.81 bits per heavy atom. The Kier molecular flexibility index (Phi) is 6.19. The van der Waals surface area contributed by atoms with E-state index in [9.17, 15) is 4.79 Å². The Labute approximate surface area is 135 Å². The highest BCUT2D eigenvalue weighted by Crippen LogP contribution is 2.30. The van der Waals surface area contributed by atoms with Gasteiger partial charge in [0.2, 0.25) is 0 Å². The second kappa shape index (κ2) is 7.90. The zero-order valence-electron chi connectivity index (χ0n) is 12.1. The van der Waals surface area contributed by atoms with E-state index >= 15 is 0 Å². The van der Waals surface area contributed by atoms with Crippen molar-refractivity contribution in [1.82, 2.24) is 0 Å². The van der Waals surface area contributed by atoms with Gasteiger partial charge in [-0.3, -0.25) is 0 Å². The first-order valence-electron chi connectivity index (χ1n) is 7.29. The smallest absolute Gasteiger partial charge is 0.347 e. The highest BCUT2D eigenvalue weighted by atomic mass is 35.5. The summed E-state index contributed by atoms with van der Waals surface area (Å²) in [6.07, 6.45) is 6.09. The van der Waals surface area contributed by atoms with Crippen LogP contribution in [0.1, 0.15) is 38.5 Å². The third kappa shape index (κ3) is 5.08. The van der Waals surface area contributed by atoms with Gasteiger partial charge in [-0.25, -0.2) is 4.79 Å². The van der Waals surface area contributed by atoms with Gasteiger partial charge in [0, 0.05) is 10.0 Å². The van der Waals surface area contributed by atoms with E-state index in [0.29, 0.717) is 28.1 Å². The lowest BCUT2D eigenvalue weighted by Crippen LogP contribution is -2.31. The van der Waals surface area contributed by atoms with E-state index in [1.807, 2.05) is 0 Å². The van der Waals surface area contributed by atoms with Crippen molar-refractivity contribution in [3.8, 4) is 5.75 Å². The van der Waals surface area contributed by atoms with Gasteiger partial charge in [-0.05, 0) is 30.5 Å². The van der Waals surface area contributed by atoms with Crippen LogP contribution in [0.5, 0.6) is 5.75 Å². The average Bonchev–Trinajstić information content (AvgIpc) is 2.46. The van der Waals surface area contributed by atoms with Crippen molar-refractivity contribution in [1.29, 1.82) is 0 Å². The van der Waals surface area contributed by atoms with Crippen LogP contribution in [0.25, 0.3) is 0 Å². The lowest BCUT2D eigenvalue weighted by Gasteiger charge is -2.25. The predicted octanol–water partition coefficient (Wildman–Crippen LogP) is 4.88. The predicted molar refractivity (Wildman–Crippen MR) is 84.1 cm³/mol. The van der Waals surface area contributed by atoms with Crippen molar-refractivity contribution in [3.63, 3.8) is 0 Å². The summed E-state index contributed by atoms with van der Waals surface area (Å²) < 4.78 is 10.6. The number of ether oxygens (including phenoxy) is 2. The lowest BCUT2D eigenvalue weighted by atomic mass is 9.85. The second-order valence-electron chi connectivity index (χ2n) is 5.47. The third-order valence-electron chi connectivity index (χ3n) is 3.85. The number of carbonyl (C=O) groups is 1. The maximum atomic E-state index is 11.9. The Balaban J connectivity index is 2.06. The van der Waals surface area contributed by atoms with E-state index in [0.717, 1.165) is 12.8 Å². The van der Waals surface area contributed by atoms with Crippen LogP contribution in [-0.4, -0.2) is 19.2 Å². The van der Waals surface area contributed by atoms with E-state index in [1.165, 1.54) is 26.4 Å². The minimum Gasteiger partial charge on any atom is -0.479 e. The molecule has 1 aliphatic carbocycles. The summed E-state index contributed by atoms with van der Waals surface area (Å²) >= 11 is 11.9. The molecule has 0 aromatic heterocycles. The fourth-order valence-corrected chi connectivity index (χ4v) is 3.32. The molecule has 0 N–H and O–H groups in total. The SMILES string of the molecule is COC(=O)C(CC1CCCCC1)Oc1cc(Cl)cc(Cl)c1. The average molecular weight is 331 g/mol. The fraction of sp³-hybridized carbons (Fsp3) is 0.562. The Hall–Kier alpha value is -0.930. The molecule has 0 bridgehead atoms. The van der Waals surface area contributed by atoms with E-state index in [4.69, 9.17) is 32.7 Å². The number of benzene rings is 1.